The van der Waals surface area contributed by atoms with Gasteiger partial charge in [0.25, 0.3) is 0 Å². The summed E-state index contributed by atoms with van der Waals surface area (Å²) in [5.74, 6) is 1.44. The Morgan fingerprint density at radius 2 is 2.00 bits per heavy atom. The molecule has 1 aliphatic carbocycles. The van der Waals surface area contributed by atoms with Gasteiger partial charge in [-0.2, -0.15) is 0 Å². The van der Waals surface area contributed by atoms with E-state index in [4.69, 9.17) is 10.5 Å². The molecule has 0 spiro atoms. The van der Waals surface area contributed by atoms with Crippen molar-refractivity contribution in [3.63, 3.8) is 0 Å². The molecule has 2 atom stereocenters. The fourth-order valence-corrected chi connectivity index (χ4v) is 2.13. The monoisotopic (exact) mass is 200 g/mol. The SMILES string of the molecule is CN(C)CCOCC1CCCC1CN. The predicted molar refractivity (Wildman–Crippen MR) is 59.3 cm³/mol. The first-order valence-electron chi connectivity index (χ1n) is 5.66. The van der Waals surface area contributed by atoms with Crippen LogP contribution in [0.3, 0.4) is 0 Å². The predicted octanol–water partition coefficient (Wildman–Crippen LogP) is 0.940. The molecule has 1 fully saturated rings. The van der Waals surface area contributed by atoms with E-state index in [2.05, 4.69) is 19.0 Å². The highest BCUT2D eigenvalue weighted by molar-refractivity contribution is 4.77. The van der Waals surface area contributed by atoms with Crippen molar-refractivity contribution in [2.75, 3.05) is 40.4 Å². The molecule has 84 valence electrons. The van der Waals surface area contributed by atoms with Crippen LogP contribution in [0.4, 0.5) is 0 Å². The van der Waals surface area contributed by atoms with E-state index in [1.54, 1.807) is 0 Å². The zero-order valence-corrected chi connectivity index (χ0v) is 9.54. The highest BCUT2D eigenvalue weighted by atomic mass is 16.5. The van der Waals surface area contributed by atoms with Crippen LogP contribution in [0.2, 0.25) is 0 Å². The van der Waals surface area contributed by atoms with E-state index in [0.717, 1.165) is 32.2 Å². The van der Waals surface area contributed by atoms with E-state index < -0.39 is 0 Å². The van der Waals surface area contributed by atoms with Crippen LogP contribution in [0.5, 0.6) is 0 Å². The van der Waals surface area contributed by atoms with Gasteiger partial charge in [-0.15, -0.1) is 0 Å². The Labute approximate surface area is 87.6 Å². The number of likely N-dealkylation sites (N-methyl/N-ethyl adjacent to an activating group) is 1. The molecule has 0 heterocycles. The number of nitrogens with zero attached hydrogens (tertiary/aromatic N) is 1. The van der Waals surface area contributed by atoms with Gasteiger partial charge in [-0.1, -0.05) is 6.42 Å². The maximum absolute atomic E-state index is 5.71. The molecule has 0 radical (unpaired) electrons. The molecule has 0 saturated heterocycles. The molecule has 0 aromatic rings. The Morgan fingerprint density at radius 3 is 2.64 bits per heavy atom. The first-order valence-corrected chi connectivity index (χ1v) is 5.66. The summed E-state index contributed by atoms with van der Waals surface area (Å²) in [7, 11) is 4.14. The van der Waals surface area contributed by atoms with Crippen molar-refractivity contribution in [3.8, 4) is 0 Å². The second-order valence-corrected chi connectivity index (χ2v) is 4.56. The second kappa shape index (κ2) is 6.38. The van der Waals surface area contributed by atoms with Crippen LogP contribution in [-0.2, 0) is 4.74 Å². The first-order chi connectivity index (χ1) is 6.74. The van der Waals surface area contributed by atoms with Gasteiger partial charge < -0.3 is 15.4 Å². The third-order valence-electron chi connectivity index (χ3n) is 3.13. The lowest BCUT2D eigenvalue weighted by Crippen LogP contribution is -2.24. The van der Waals surface area contributed by atoms with E-state index in [0.29, 0.717) is 5.92 Å². The van der Waals surface area contributed by atoms with Gasteiger partial charge in [0.05, 0.1) is 6.61 Å². The summed E-state index contributed by atoms with van der Waals surface area (Å²) in [5, 5.41) is 0. The largest absolute Gasteiger partial charge is 0.380 e. The topological polar surface area (TPSA) is 38.5 Å². The van der Waals surface area contributed by atoms with Crippen molar-refractivity contribution in [2.24, 2.45) is 17.6 Å². The average molecular weight is 200 g/mol. The van der Waals surface area contributed by atoms with Crippen molar-refractivity contribution in [1.29, 1.82) is 0 Å². The zero-order chi connectivity index (χ0) is 10.4. The molecule has 0 aromatic heterocycles. The Bertz CT molecular complexity index is 150. The number of rotatable bonds is 6. The highest BCUT2D eigenvalue weighted by Crippen LogP contribution is 2.30. The van der Waals surface area contributed by atoms with Gasteiger partial charge in [0.1, 0.15) is 0 Å². The van der Waals surface area contributed by atoms with Crippen LogP contribution in [0, 0.1) is 11.8 Å². The molecule has 1 rings (SSSR count). The maximum atomic E-state index is 5.71. The smallest absolute Gasteiger partial charge is 0.0593 e. The average Bonchev–Trinajstić information content (AvgIpc) is 2.59. The fourth-order valence-electron chi connectivity index (χ4n) is 2.13. The van der Waals surface area contributed by atoms with Gasteiger partial charge in [0.15, 0.2) is 0 Å². The molecular weight excluding hydrogens is 176 g/mol. The van der Waals surface area contributed by atoms with Gasteiger partial charge >= 0.3 is 0 Å². The van der Waals surface area contributed by atoms with Crippen LogP contribution in [0.15, 0.2) is 0 Å². The summed E-state index contributed by atoms with van der Waals surface area (Å²) in [6, 6.07) is 0. The molecule has 0 amide bonds. The van der Waals surface area contributed by atoms with E-state index in [-0.39, 0.29) is 0 Å². The van der Waals surface area contributed by atoms with Crippen LogP contribution in [0.1, 0.15) is 19.3 Å². The Balaban J connectivity index is 2.05. The first kappa shape index (κ1) is 12.0. The van der Waals surface area contributed by atoms with E-state index in [9.17, 15) is 0 Å². The van der Waals surface area contributed by atoms with Gasteiger partial charge in [-0.3, -0.25) is 0 Å². The van der Waals surface area contributed by atoms with E-state index in [1.165, 1.54) is 19.3 Å². The van der Waals surface area contributed by atoms with Crippen LogP contribution < -0.4 is 5.73 Å². The molecular formula is C11H24N2O. The van der Waals surface area contributed by atoms with Gasteiger partial charge in [-0.05, 0) is 45.3 Å². The zero-order valence-electron chi connectivity index (χ0n) is 9.54. The molecule has 0 bridgehead atoms. The molecule has 0 aliphatic heterocycles. The molecule has 1 aliphatic rings. The van der Waals surface area contributed by atoms with Crippen molar-refractivity contribution in [2.45, 2.75) is 19.3 Å². The van der Waals surface area contributed by atoms with Crippen LogP contribution >= 0.6 is 0 Å². The number of hydrogen-bond acceptors (Lipinski definition) is 3. The van der Waals surface area contributed by atoms with Crippen LogP contribution in [-0.4, -0.2) is 45.3 Å². The third kappa shape index (κ3) is 3.95. The minimum Gasteiger partial charge on any atom is -0.380 e. The summed E-state index contributed by atoms with van der Waals surface area (Å²) in [4.78, 5) is 2.15. The highest BCUT2D eigenvalue weighted by Gasteiger charge is 2.25. The normalized spacial score (nSPS) is 27.4. The summed E-state index contributed by atoms with van der Waals surface area (Å²) < 4.78 is 5.66. The minimum absolute atomic E-state index is 0.717. The van der Waals surface area contributed by atoms with Gasteiger partial charge in [-0.25, -0.2) is 0 Å². The Morgan fingerprint density at radius 1 is 1.29 bits per heavy atom. The van der Waals surface area contributed by atoms with E-state index >= 15 is 0 Å². The van der Waals surface area contributed by atoms with Gasteiger partial charge in [0, 0.05) is 13.2 Å². The Kier molecular flexibility index (Phi) is 5.45. The molecule has 1 saturated carbocycles. The molecule has 3 nitrogen and oxygen atoms in total. The number of ether oxygens (including phenoxy) is 1. The standard InChI is InChI=1S/C11H24N2O/c1-13(2)6-7-14-9-11-5-3-4-10(11)8-12/h10-11H,3-9,12H2,1-2H3. The summed E-state index contributed by atoms with van der Waals surface area (Å²) in [6.45, 7) is 3.61. The maximum Gasteiger partial charge on any atom is 0.0593 e. The fraction of sp³-hybridized carbons (Fsp3) is 1.00. The molecule has 2 unspecified atom stereocenters. The van der Waals surface area contributed by atoms with Gasteiger partial charge in [0.2, 0.25) is 0 Å². The summed E-state index contributed by atoms with van der Waals surface area (Å²) in [5.41, 5.74) is 5.71. The van der Waals surface area contributed by atoms with Crippen molar-refractivity contribution >= 4 is 0 Å². The van der Waals surface area contributed by atoms with Crippen molar-refractivity contribution in [3.05, 3.63) is 0 Å². The number of hydrogen-bond donors (Lipinski definition) is 1. The van der Waals surface area contributed by atoms with Crippen molar-refractivity contribution < 1.29 is 4.74 Å². The molecule has 2 N–H and O–H groups in total. The summed E-state index contributed by atoms with van der Waals surface area (Å²) in [6.07, 6.45) is 3.95. The molecule has 0 aromatic carbocycles. The van der Waals surface area contributed by atoms with E-state index in [1.807, 2.05) is 0 Å². The molecule has 3 heteroatoms. The third-order valence-corrected chi connectivity index (χ3v) is 3.13. The Hall–Kier alpha value is -0.120. The minimum atomic E-state index is 0.717. The van der Waals surface area contributed by atoms with Crippen molar-refractivity contribution in [1.82, 2.24) is 4.90 Å². The quantitative estimate of drug-likeness (QED) is 0.649. The lowest BCUT2D eigenvalue weighted by Gasteiger charge is -2.18. The number of nitrogens with two attached hydrogens (primary N) is 1. The van der Waals surface area contributed by atoms with Crippen LogP contribution in [0.25, 0.3) is 0 Å². The second-order valence-electron chi connectivity index (χ2n) is 4.56. The summed E-state index contributed by atoms with van der Waals surface area (Å²) >= 11 is 0. The molecule has 14 heavy (non-hydrogen) atoms. The lowest BCUT2D eigenvalue weighted by atomic mass is 9.97. The lowest BCUT2D eigenvalue weighted by molar-refractivity contribution is 0.0765.